The third-order valence-corrected chi connectivity index (χ3v) is 14.5. The van der Waals surface area contributed by atoms with Gasteiger partial charge in [-0.3, -0.25) is 9.59 Å². The van der Waals surface area contributed by atoms with E-state index in [-0.39, 0.29) is 75.8 Å². The molecule has 9 heteroatoms. The number of carbonyl (C=O) groups is 2. The van der Waals surface area contributed by atoms with Crippen LogP contribution in [0.2, 0.25) is 0 Å². The van der Waals surface area contributed by atoms with Crippen LogP contribution in [0, 0.1) is 50.7 Å². The molecule has 0 unspecified atom stereocenters. The normalized spacial score (nSPS) is 57.5. The summed E-state index contributed by atoms with van der Waals surface area (Å²) >= 11 is 0. The fraction of sp³-hybridized carbons (Fsp3) is 0.939. The van der Waals surface area contributed by atoms with Gasteiger partial charge in [0.1, 0.15) is 30.5 Å². The Bertz CT molecular complexity index is 1160. The summed E-state index contributed by atoms with van der Waals surface area (Å²) in [7, 11) is 0. The van der Waals surface area contributed by atoms with Crippen LogP contribution >= 0.6 is 0 Å². The number of carbonyl (C=O) groups excluding carboxylic acids is 2. The van der Waals surface area contributed by atoms with Crippen LogP contribution in [0.1, 0.15) is 92.9 Å². The highest BCUT2D eigenvalue weighted by Crippen LogP contribution is 2.89. The van der Waals surface area contributed by atoms with Crippen LogP contribution in [0.5, 0.6) is 0 Å². The van der Waals surface area contributed by atoms with Crippen molar-refractivity contribution >= 4 is 11.9 Å². The van der Waals surface area contributed by atoms with Crippen molar-refractivity contribution in [2.75, 3.05) is 6.61 Å². The van der Waals surface area contributed by atoms with Crippen LogP contribution in [0.15, 0.2) is 0 Å². The predicted octanol–water partition coefficient (Wildman–Crippen LogP) is 3.35. The second kappa shape index (κ2) is 9.15. The zero-order valence-corrected chi connectivity index (χ0v) is 26.0. The van der Waals surface area contributed by atoms with E-state index < -0.39 is 24.6 Å². The number of hydrogen-bond acceptors (Lipinski definition) is 9. The number of fused-ring (bicyclic) bond motifs is 4. The topological polar surface area (TPSA) is 132 Å². The van der Waals surface area contributed by atoms with Gasteiger partial charge in [0.2, 0.25) is 0 Å². The van der Waals surface area contributed by atoms with Crippen molar-refractivity contribution in [3.8, 4) is 0 Å². The third kappa shape index (κ3) is 3.55. The Labute approximate surface area is 249 Å². The van der Waals surface area contributed by atoms with E-state index in [4.69, 9.17) is 18.9 Å². The Balaban J connectivity index is 1.21. The molecule has 0 amide bonds. The monoisotopic (exact) mass is 590 g/mol. The summed E-state index contributed by atoms with van der Waals surface area (Å²) in [4.78, 5) is 25.2. The first-order valence-electron chi connectivity index (χ1n) is 16.3. The van der Waals surface area contributed by atoms with Crippen molar-refractivity contribution in [1.29, 1.82) is 0 Å². The molecule has 2 spiro atoms. The maximum Gasteiger partial charge on any atom is 0.306 e. The maximum atomic E-state index is 12.6. The van der Waals surface area contributed by atoms with Crippen LogP contribution in [0.25, 0.3) is 0 Å². The van der Waals surface area contributed by atoms with Gasteiger partial charge in [-0.05, 0) is 84.4 Å². The highest BCUT2D eigenvalue weighted by Gasteiger charge is 2.85. The molecule has 9 nitrogen and oxygen atoms in total. The van der Waals surface area contributed by atoms with Crippen LogP contribution in [-0.2, 0) is 28.5 Å². The SMILES string of the molecule is CC(=O)O[C@H]1C[C@@]23C[C@@]24CC[C@@H](O[C@H]2OC[C@H](O)[C@H](O)[C@@H]2O)C(C)(C)[C@H]4CC[C@H]3[C@@]2(C)C[C@H]3OC(=O)C[C@H](C)[C@H]3[C@]12C. The Morgan fingerprint density at radius 1 is 0.952 bits per heavy atom. The Morgan fingerprint density at radius 2 is 1.67 bits per heavy atom. The summed E-state index contributed by atoms with van der Waals surface area (Å²) in [6, 6.07) is 0. The van der Waals surface area contributed by atoms with Crippen molar-refractivity contribution < 1.29 is 43.9 Å². The molecule has 7 aliphatic rings. The fourth-order valence-electron chi connectivity index (χ4n) is 12.8. The number of ether oxygens (including phenoxy) is 4. The van der Waals surface area contributed by atoms with Gasteiger partial charge in [-0.1, -0.05) is 34.6 Å². The minimum atomic E-state index is -1.30. The van der Waals surface area contributed by atoms with Gasteiger partial charge in [-0.25, -0.2) is 0 Å². The van der Waals surface area contributed by atoms with Crippen LogP contribution in [0.4, 0.5) is 0 Å². The van der Waals surface area contributed by atoms with E-state index in [0.717, 1.165) is 44.9 Å². The molecule has 0 radical (unpaired) electrons. The first-order valence-corrected chi connectivity index (χ1v) is 16.3. The number of aliphatic hydroxyl groups excluding tert-OH is 3. The van der Waals surface area contributed by atoms with Crippen molar-refractivity contribution in [2.24, 2.45) is 50.7 Å². The van der Waals surface area contributed by atoms with Crippen molar-refractivity contribution in [2.45, 2.75) is 136 Å². The number of esters is 2. The maximum absolute atomic E-state index is 12.6. The lowest BCUT2D eigenvalue weighted by Crippen LogP contribution is -2.63. The Hall–Kier alpha value is -1.26. The van der Waals surface area contributed by atoms with Gasteiger partial charge in [-0.2, -0.15) is 0 Å². The van der Waals surface area contributed by atoms with Gasteiger partial charge in [0.05, 0.1) is 12.7 Å². The third-order valence-electron chi connectivity index (χ3n) is 14.5. The van der Waals surface area contributed by atoms with Crippen molar-refractivity contribution in [3.05, 3.63) is 0 Å². The second-order valence-corrected chi connectivity index (χ2v) is 16.3. The Kier molecular flexibility index (Phi) is 6.42. The molecule has 7 fully saturated rings. The van der Waals surface area contributed by atoms with Gasteiger partial charge < -0.3 is 34.3 Å². The average Bonchev–Trinajstić information content (AvgIpc) is 3.48. The molecule has 7 rings (SSSR count). The van der Waals surface area contributed by atoms with Gasteiger partial charge in [-0.15, -0.1) is 0 Å². The van der Waals surface area contributed by atoms with Crippen LogP contribution in [0.3, 0.4) is 0 Å². The molecule has 236 valence electrons. The summed E-state index contributed by atoms with van der Waals surface area (Å²) in [6.07, 6.45) is 1.99. The highest BCUT2D eigenvalue weighted by atomic mass is 16.7. The van der Waals surface area contributed by atoms with Crippen molar-refractivity contribution in [1.82, 2.24) is 0 Å². The lowest BCUT2D eigenvalue weighted by Gasteiger charge is -2.65. The first-order chi connectivity index (χ1) is 19.6. The minimum Gasteiger partial charge on any atom is -0.462 e. The van der Waals surface area contributed by atoms with E-state index in [2.05, 4.69) is 34.6 Å². The zero-order chi connectivity index (χ0) is 30.2. The van der Waals surface area contributed by atoms with E-state index >= 15 is 0 Å². The highest BCUT2D eigenvalue weighted by molar-refractivity contribution is 5.71. The lowest BCUT2D eigenvalue weighted by molar-refractivity contribution is -0.303. The summed E-state index contributed by atoms with van der Waals surface area (Å²) in [6.45, 7) is 12.9. The summed E-state index contributed by atoms with van der Waals surface area (Å²) in [5.41, 5.74) is -0.411. The molecular formula is C33H50O9. The molecule has 0 aromatic heterocycles. The summed E-state index contributed by atoms with van der Waals surface area (Å²) in [5, 5.41) is 30.7. The lowest BCUT2D eigenvalue weighted by atomic mass is 9.41. The van der Waals surface area contributed by atoms with Crippen molar-refractivity contribution in [3.63, 3.8) is 0 Å². The molecule has 2 saturated heterocycles. The average molecular weight is 591 g/mol. The summed E-state index contributed by atoms with van der Waals surface area (Å²) < 4.78 is 24.5. The standard InChI is InChI=1S/C33H50O9/c1-16-11-24(36)41-19-12-30(5)21-8-7-20-29(3,4)22(42-28-27(38)26(37)18(35)14-39-28)9-10-32(20)15-33(21,32)13-23(40-17(2)34)31(30,6)25(16)19/h16,18-23,25-28,35,37-38H,7-15H2,1-6H3/t16-,18-,19+,20+,21-,22+,23-,25+,26-,27-,28+,30+,31-,32+,33-/m0/s1. The predicted molar refractivity (Wildman–Crippen MR) is 149 cm³/mol. The molecule has 2 heterocycles. The number of aliphatic hydroxyl groups is 3. The molecule has 0 bridgehead atoms. The van der Waals surface area contributed by atoms with Crippen LogP contribution in [-0.4, -0.2) is 76.8 Å². The molecule has 0 aromatic rings. The molecular weight excluding hydrogens is 540 g/mol. The van der Waals surface area contributed by atoms with Gasteiger partial charge in [0, 0.05) is 24.7 Å². The molecule has 3 N–H and O–H groups in total. The Morgan fingerprint density at radius 3 is 2.38 bits per heavy atom. The number of hydrogen-bond donors (Lipinski definition) is 3. The zero-order valence-electron chi connectivity index (χ0n) is 26.0. The van der Waals surface area contributed by atoms with E-state index in [1.54, 1.807) is 0 Å². The smallest absolute Gasteiger partial charge is 0.306 e. The van der Waals surface area contributed by atoms with E-state index in [1.165, 1.54) is 6.92 Å². The van der Waals surface area contributed by atoms with Gasteiger partial charge in [0.25, 0.3) is 0 Å². The second-order valence-electron chi connectivity index (χ2n) is 16.3. The molecule has 15 atom stereocenters. The number of rotatable bonds is 3. The molecule has 42 heavy (non-hydrogen) atoms. The molecule has 2 aliphatic heterocycles. The largest absolute Gasteiger partial charge is 0.462 e. The molecule has 5 saturated carbocycles. The first kappa shape index (κ1) is 29.5. The van der Waals surface area contributed by atoms with Gasteiger partial charge in [0.15, 0.2) is 6.29 Å². The fourth-order valence-corrected chi connectivity index (χ4v) is 12.8. The van der Waals surface area contributed by atoms with Gasteiger partial charge >= 0.3 is 11.9 Å². The molecule has 0 aromatic carbocycles. The molecule has 5 aliphatic carbocycles. The van der Waals surface area contributed by atoms with E-state index in [9.17, 15) is 24.9 Å². The summed E-state index contributed by atoms with van der Waals surface area (Å²) in [5.74, 6) is 0.869. The van der Waals surface area contributed by atoms with E-state index in [0.29, 0.717) is 18.3 Å². The van der Waals surface area contributed by atoms with E-state index in [1.807, 2.05) is 0 Å². The minimum absolute atomic E-state index is 0.0639. The quantitative estimate of drug-likeness (QED) is 0.334. The van der Waals surface area contributed by atoms with Crippen LogP contribution < -0.4 is 0 Å².